The molecule has 0 fully saturated rings. The molecule has 8 heteroatoms. The fourth-order valence-corrected chi connectivity index (χ4v) is 3.30. The van der Waals surface area contributed by atoms with Crippen LogP contribution in [0.3, 0.4) is 0 Å². The first-order valence-electron chi connectivity index (χ1n) is 8.49. The molecule has 5 nitrogen and oxygen atoms in total. The second-order valence-corrected chi connectivity index (χ2v) is 7.11. The van der Waals surface area contributed by atoms with Gasteiger partial charge in [-0.05, 0) is 56.3 Å². The van der Waals surface area contributed by atoms with E-state index in [1.54, 1.807) is 18.2 Å². The summed E-state index contributed by atoms with van der Waals surface area (Å²) in [5.74, 6) is -1.50. The molecule has 0 spiro atoms. The van der Waals surface area contributed by atoms with Crippen LogP contribution in [-0.4, -0.2) is 16.7 Å². The van der Waals surface area contributed by atoms with Crippen molar-refractivity contribution in [1.82, 2.24) is 9.99 Å². The maximum atomic E-state index is 13.9. The molecule has 3 rings (SSSR count). The molecule has 0 radical (unpaired) electrons. The summed E-state index contributed by atoms with van der Waals surface area (Å²) < 4.78 is 15.9. The Balaban J connectivity index is 1.83. The van der Waals surface area contributed by atoms with Crippen molar-refractivity contribution in [3.05, 3.63) is 86.4 Å². The lowest BCUT2D eigenvalue weighted by molar-refractivity contribution is 0.0951. The van der Waals surface area contributed by atoms with Gasteiger partial charge in [-0.3, -0.25) is 4.79 Å². The van der Waals surface area contributed by atoms with Crippen LogP contribution in [0, 0.1) is 31.0 Å². The number of nitrogens with zero attached hydrogens (tertiary/aromatic N) is 3. The van der Waals surface area contributed by atoms with Crippen molar-refractivity contribution in [3.63, 3.8) is 0 Å². The predicted molar refractivity (Wildman–Crippen MR) is 111 cm³/mol. The first kappa shape index (κ1) is 20.6. The van der Waals surface area contributed by atoms with E-state index in [1.807, 2.05) is 30.6 Å². The van der Waals surface area contributed by atoms with Crippen LogP contribution in [0.25, 0.3) is 5.69 Å². The van der Waals surface area contributed by atoms with E-state index in [0.29, 0.717) is 10.0 Å². The monoisotopic (exact) mass is 428 g/mol. The second-order valence-electron chi connectivity index (χ2n) is 6.26. The Labute approximate surface area is 177 Å². The highest BCUT2D eigenvalue weighted by Crippen LogP contribution is 2.28. The van der Waals surface area contributed by atoms with E-state index < -0.39 is 11.7 Å². The third kappa shape index (κ3) is 4.32. The quantitative estimate of drug-likeness (QED) is 0.459. The molecule has 1 amide bonds. The van der Waals surface area contributed by atoms with Crippen molar-refractivity contribution >= 4 is 35.3 Å². The molecule has 29 heavy (non-hydrogen) atoms. The van der Waals surface area contributed by atoms with Crippen LogP contribution in [0.1, 0.15) is 32.9 Å². The van der Waals surface area contributed by atoms with Crippen molar-refractivity contribution in [3.8, 4) is 11.8 Å². The highest BCUT2D eigenvalue weighted by Gasteiger charge is 2.14. The van der Waals surface area contributed by atoms with E-state index >= 15 is 0 Å². The van der Waals surface area contributed by atoms with Gasteiger partial charge in [0.15, 0.2) is 0 Å². The molecule has 0 unspecified atom stereocenters. The molecular weight excluding hydrogens is 414 g/mol. The zero-order valence-electron chi connectivity index (χ0n) is 15.5. The van der Waals surface area contributed by atoms with Crippen molar-refractivity contribution < 1.29 is 9.18 Å². The maximum absolute atomic E-state index is 13.9. The van der Waals surface area contributed by atoms with Crippen LogP contribution in [0.15, 0.2) is 47.6 Å². The lowest BCUT2D eigenvalue weighted by Crippen LogP contribution is -2.19. The SMILES string of the molecule is Cc1cc(/C=N\NC(=O)c2ccc(C#N)cc2F)c(C)n1-c1cc(Cl)ccc1Cl. The number of hydrogen-bond donors (Lipinski definition) is 1. The van der Waals surface area contributed by atoms with E-state index in [4.69, 9.17) is 28.5 Å². The summed E-state index contributed by atoms with van der Waals surface area (Å²) in [5.41, 5.74) is 5.46. The summed E-state index contributed by atoms with van der Waals surface area (Å²) in [6, 6.07) is 12.5. The number of rotatable bonds is 4. The molecule has 0 bridgehead atoms. The number of aryl methyl sites for hydroxylation is 1. The number of aromatic nitrogens is 1. The van der Waals surface area contributed by atoms with Gasteiger partial charge in [0, 0.05) is 22.0 Å². The van der Waals surface area contributed by atoms with Crippen LogP contribution < -0.4 is 5.43 Å². The minimum absolute atomic E-state index is 0.134. The molecule has 1 aromatic heterocycles. The summed E-state index contributed by atoms with van der Waals surface area (Å²) >= 11 is 12.4. The van der Waals surface area contributed by atoms with Gasteiger partial charge in [0.2, 0.25) is 0 Å². The highest BCUT2D eigenvalue weighted by molar-refractivity contribution is 6.34. The standard InChI is InChI=1S/C21H15Cl2FN4O/c1-12-7-15(13(2)28(12)20-9-16(22)4-6-18(20)23)11-26-27-21(29)17-5-3-14(10-25)8-19(17)24/h3-9,11H,1-2H3,(H,27,29)/b26-11-. The predicted octanol–water partition coefficient (Wildman–Crippen LogP) is 5.18. The Morgan fingerprint density at radius 1 is 1.21 bits per heavy atom. The average molecular weight is 429 g/mol. The number of halogens is 3. The highest BCUT2D eigenvalue weighted by atomic mass is 35.5. The van der Waals surface area contributed by atoms with Gasteiger partial charge in [0.1, 0.15) is 5.82 Å². The molecular formula is C21H15Cl2FN4O. The van der Waals surface area contributed by atoms with Crippen LogP contribution in [0.4, 0.5) is 4.39 Å². The van der Waals surface area contributed by atoms with E-state index in [0.717, 1.165) is 28.7 Å². The van der Waals surface area contributed by atoms with E-state index in [2.05, 4.69) is 10.5 Å². The van der Waals surface area contributed by atoms with Gasteiger partial charge in [-0.15, -0.1) is 0 Å². The number of nitriles is 1. The van der Waals surface area contributed by atoms with Crippen LogP contribution >= 0.6 is 23.2 Å². The summed E-state index contributed by atoms with van der Waals surface area (Å²) in [6.45, 7) is 3.79. The van der Waals surface area contributed by atoms with Gasteiger partial charge in [-0.2, -0.15) is 10.4 Å². The lowest BCUT2D eigenvalue weighted by atomic mass is 10.1. The first-order valence-corrected chi connectivity index (χ1v) is 9.25. The number of benzene rings is 2. The summed E-state index contributed by atoms with van der Waals surface area (Å²) in [5, 5.41) is 13.8. The first-order chi connectivity index (χ1) is 13.8. The molecule has 0 saturated heterocycles. The fourth-order valence-electron chi connectivity index (χ4n) is 2.94. The summed E-state index contributed by atoms with van der Waals surface area (Å²) in [7, 11) is 0. The number of hydrogen-bond acceptors (Lipinski definition) is 3. The van der Waals surface area contributed by atoms with E-state index in [-0.39, 0.29) is 11.1 Å². The van der Waals surface area contributed by atoms with Gasteiger partial charge < -0.3 is 4.57 Å². The Kier molecular flexibility index (Phi) is 6.02. The minimum Gasteiger partial charge on any atom is -0.316 e. The lowest BCUT2D eigenvalue weighted by Gasteiger charge is -2.12. The third-order valence-corrected chi connectivity index (χ3v) is 4.89. The Morgan fingerprint density at radius 3 is 2.66 bits per heavy atom. The molecule has 146 valence electrons. The topological polar surface area (TPSA) is 70.2 Å². The Morgan fingerprint density at radius 2 is 1.97 bits per heavy atom. The number of carbonyl (C=O) groups is 1. The molecule has 2 aromatic carbocycles. The van der Waals surface area contributed by atoms with Crippen LogP contribution in [0.5, 0.6) is 0 Å². The van der Waals surface area contributed by atoms with E-state index in [1.165, 1.54) is 18.3 Å². The smallest absolute Gasteiger partial charge is 0.274 e. The van der Waals surface area contributed by atoms with Crippen LogP contribution in [-0.2, 0) is 0 Å². The molecule has 1 N–H and O–H groups in total. The zero-order chi connectivity index (χ0) is 21.1. The van der Waals surface area contributed by atoms with Crippen molar-refractivity contribution in [2.24, 2.45) is 5.10 Å². The fraction of sp³-hybridized carbons (Fsp3) is 0.0952. The van der Waals surface area contributed by atoms with Gasteiger partial charge >= 0.3 is 0 Å². The molecule has 3 aromatic rings. The number of nitrogens with one attached hydrogen (secondary N) is 1. The molecule has 1 heterocycles. The van der Waals surface area contributed by atoms with Crippen molar-refractivity contribution in [2.45, 2.75) is 13.8 Å². The normalized spacial score (nSPS) is 10.9. The third-order valence-electron chi connectivity index (χ3n) is 4.33. The molecule has 0 atom stereocenters. The molecule has 0 aliphatic heterocycles. The number of hydrazone groups is 1. The molecule has 0 aliphatic carbocycles. The maximum Gasteiger partial charge on any atom is 0.274 e. The van der Waals surface area contributed by atoms with Crippen molar-refractivity contribution in [1.29, 1.82) is 5.26 Å². The Hall–Kier alpha value is -3.14. The second kappa shape index (κ2) is 8.48. The van der Waals surface area contributed by atoms with Crippen LogP contribution in [0.2, 0.25) is 10.0 Å². The van der Waals surface area contributed by atoms with Gasteiger partial charge in [0.05, 0.1) is 34.1 Å². The van der Waals surface area contributed by atoms with Gasteiger partial charge in [-0.1, -0.05) is 23.2 Å². The van der Waals surface area contributed by atoms with Gasteiger partial charge in [-0.25, -0.2) is 9.82 Å². The van der Waals surface area contributed by atoms with E-state index in [9.17, 15) is 9.18 Å². The molecule has 0 aliphatic rings. The number of amides is 1. The van der Waals surface area contributed by atoms with Crippen molar-refractivity contribution in [2.75, 3.05) is 0 Å². The average Bonchev–Trinajstić information content (AvgIpc) is 2.96. The Bertz CT molecular complexity index is 1180. The minimum atomic E-state index is -0.787. The largest absolute Gasteiger partial charge is 0.316 e. The van der Waals surface area contributed by atoms with Gasteiger partial charge in [0.25, 0.3) is 5.91 Å². The molecule has 0 saturated carbocycles. The number of carbonyl (C=O) groups excluding carboxylic acids is 1. The zero-order valence-corrected chi connectivity index (χ0v) is 17.0. The summed E-state index contributed by atoms with van der Waals surface area (Å²) in [6.07, 6.45) is 1.47. The summed E-state index contributed by atoms with van der Waals surface area (Å²) in [4.78, 5) is 12.1.